The molecule has 3 N–H and O–H groups in total. The Morgan fingerprint density at radius 2 is 1.91 bits per heavy atom. The Morgan fingerprint density at radius 3 is 2.65 bits per heavy atom. The van der Waals surface area contributed by atoms with Gasteiger partial charge in [-0.3, -0.25) is 0 Å². The summed E-state index contributed by atoms with van der Waals surface area (Å²) >= 11 is 0. The van der Waals surface area contributed by atoms with Crippen molar-refractivity contribution < 1.29 is 14.9 Å². The number of piperazine rings is 1. The summed E-state index contributed by atoms with van der Waals surface area (Å²) in [6.07, 6.45) is 2.38. The lowest BCUT2D eigenvalue weighted by Gasteiger charge is -2.29. The number of aliphatic hydroxyl groups excluding tert-OH is 2. The van der Waals surface area contributed by atoms with E-state index in [1.165, 1.54) is 0 Å². The molecule has 1 aliphatic carbocycles. The van der Waals surface area contributed by atoms with E-state index in [0.29, 0.717) is 11.8 Å². The van der Waals surface area contributed by atoms with Gasteiger partial charge in [0.05, 0.1) is 11.8 Å². The molecule has 0 spiro atoms. The summed E-state index contributed by atoms with van der Waals surface area (Å²) in [6, 6.07) is 0. The zero-order valence-corrected chi connectivity index (χ0v) is 13.7. The standard InChI is InChI=1S/C16H26N4O3/c1-11(21)14(22)10-23-15-12-4-2-3-5-13(12)18-16(19-15)20-8-6-17-7-9-20/h11,14,17,21-22H,2-10H2,1H3/t11-,14-/m1/s1. The fourth-order valence-electron chi connectivity index (χ4n) is 2.98. The number of rotatable bonds is 5. The van der Waals surface area contributed by atoms with E-state index in [1.807, 2.05) is 0 Å². The van der Waals surface area contributed by atoms with Gasteiger partial charge in [-0.25, -0.2) is 4.98 Å². The Bertz CT molecular complexity index is 532. The van der Waals surface area contributed by atoms with Gasteiger partial charge in [0.2, 0.25) is 11.8 Å². The fourth-order valence-corrected chi connectivity index (χ4v) is 2.98. The van der Waals surface area contributed by atoms with Gasteiger partial charge in [-0.1, -0.05) is 0 Å². The number of nitrogens with zero attached hydrogens (tertiary/aromatic N) is 3. The lowest BCUT2D eigenvalue weighted by atomic mass is 9.97. The summed E-state index contributed by atoms with van der Waals surface area (Å²) < 4.78 is 5.76. The van der Waals surface area contributed by atoms with Crippen molar-refractivity contribution in [2.75, 3.05) is 37.7 Å². The predicted molar refractivity (Wildman–Crippen MR) is 86.9 cm³/mol. The molecule has 0 amide bonds. The Labute approximate surface area is 136 Å². The molecule has 1 aromatic heterocycles. The van der Waals surface area contributed by atoms with Gasteiger partial charge in [0.15, 0.2) is 0 Å². The van der Waals surface area contributed by atoms with Gasteiger partial charge in [-0.2, -0.15) is 4.98 Å². The molecule has 2 aliphatic rings. The normalized spacial score (nSPS) is 20.7. The van der Waals surface area contributed by atoms with E-state index >= 15 is 0 Å². The number of anilines is 1. The number of ether oxygens (including phenoxy) is 1. The average Bonchev–Trinajstić information content (AvgIpc) is 2.59. The molecule has 1 aliphatic heterocycles. The second-order valence-electron chi connectivity index (χ2n) is 6.32. The average molecular weight is 322 g/mol. The molecule has 1 saturated heterocycles. The molecule has 7 heteroatoms. The zero-order chi connectivity index (χ0) is 16.2. The predicted octanol–water partition coefficient (Wildman–Crippen LogP) is -0.114. The van der Waals surface area contributed by atoms with Gasteiger partial charge in [0.25, 0.3) is 0 Å². The van der Waals surface area contributed by atoms with E-state index in [1.54, 1.807) is 6.92 Å². The van der Waals surface area contributed by atoms with Gasteiger partial charge in [0, 0.05) is 31.7 Å². The second kappa shape index (κ2) is 7.42. The summed E-state index contributed by atoms with van der Waals surface area (Å²) in [5, 5.41) is 22.5. The highest BCUT2D eigenvalue weighted by molar-refractivity contribution is 5.42. The summed E-state index contributed by atoms with van der Waals surface area (Å²) in [6.45, 7) is 5.22. The van der Waals surface area contributed by atoms with E-state index in [2.05, 4.69) is 15.2 Å². The summed E-state index contributed by atoms with van der Waals surface area (Å²) in [5.41, 5.74) is 2.13. The van der Waals surface area contributed by atoms with Gasteiger partial charge in [-0.05, 0) is 32.6 Å². The van der Waals surface area contributed by atoms with Crippen LogP contribution in [0.15, 0.2) is 0 Å². The molecular weight excluding hydrogens is 296 g/mol. The maximum absolute atomic E-state index is 9.77. The Balaban J connectivity index is 1.83. The number of aromatic nitrogens is 2. The number of fused-ring (bicyclic) bond motifs is 1. The molecule has 128 valence electrons. The monoisotopic (exact) mass is 322 g/mol. The molecule has 3 rings (SSSR count). The highest BCUT2D eigenvalue weighted by Gasteiger charge is 2.23. The number of hydrogen-bond donors (Lipinski definition) is 3. The van der Waals surface area contributed by atoms with Crippen molar-refractivity contribution in [1.82, 2.24) is 15.3 Å². The van der Waals surface area contributed by atoms with Crippen molar-refractivity contribution in [3.63, 3.8) is 0 Å². The largest absolute Gasteiger partial charge is 0.474 e. The SMILES string of the molecule is C[C@@H](O)[C@H](O)COc1nc(N2CCNCC2)nc2c1CCCC2. The first-order chi connectivity index (χ1) is 11.1. The Kier molecular flexibility index (Phi) is 5.30. The maximum atomic E-state index is 9.77. The van der Waals surface area contributed by atoms with Crippen LogP contribution in [0.25, 0.3) is 0 Å². The van der Waals surface area contributed by atoms with Gasteiger partial charge >= 0.3 is 0 Å². The van der Waals surface area contributed by atoms with Crippen LogP contribution in [-0.4, -0.2) is 65.2 Å². The second-order valence-corrected chi connectivity index (χ2v) is 6.32. The molecule has 0 unspecified atom stereocenters. The molecule has 0 saturated carbocycles. The van der Waals surface area contributed by atoms with Crippen molar-refractivity contribution in [3.05, 3.63) is 11.3 Å². The highest BCUT2D eigenvalue weighted by atomic mass is 16.5. The molecule has 0 bridgehead atoms. The molecule has 1 fully saturated rings. The van der Waals surface area contributed by atoms with Crippen molar-refractivity contribution in [2.45, 2.75) is 44.8 Å². The van der Waals surface area contributed by atoms with Gasteiger partial charge in [-0.15, -0.1) is 0 Å². The van der Waals surface area contributed by atoms with Crippen LogP contribution < -0.4 is 15.0 Å². The topological polar surface area (TPSA) is 90.7 Å². The van der Waals surface area contributed by atoms with Gasteiger partial charge in [0.1, 0.15) is 12.7 Å². The fraction of sp³-hybridized carbons (Fsp3) is 0.750. The Morgan fingerprint density at radius 1 is 1.17 bits per heavy atom. The molecular formula is C16H26N4O3. The molecule has 0 radical (unpaired) electrons. The van der Waals surface area contributed by atoms with Crippen molar-refractivity contribution in [1.29, 1.82) is 0 Å². The van der Waals surface area contributed by atoms with E-state index in [4.69, 9.17) is 9.72 Å². The van der Waals surface area contributed by atoms with Gasteiger partial charge < -0.3 is 25.2 Å². The number of hydrogen-bond acceptors (Lipinski definition) is 7. The van der Waals surface area contributed by atoms with Crippen LogP contribution in [0.5, 0.6) is 5.88 Å². The quantitative estimate of drug-likeness (QED) is 0.696. The molecule has 2 heterocycles. The number of aliphatic hydroxyl groups is 2. The first-order valence-corrected chi connectivity index (χ1v) is 8.49. The van der Waals surface area contributed by atoms with E-state index in [9.17, 15) is 10.2 Å². The molecule has 7 nitrogen and oxygen atoms in total. The molecule has 0 aromatic carbocycles. The van der Waals surface area contributed by atoms with E-state index in [0.717, 1.165) is 63.1 Å². The van der Waals surface area contributed by atoms with E-state index < -0.39 is 12.2 Å². The van der Waals surface area contributed by atoms with Crippen LogP contribution in [0.4, 0.5) is 5.95 Å². The van der Waals surface area contributed by atoms with Crippen LogP contribution in [0.2, 0.25) is 0 Å². The first-order valence-electron chi connectivity index (χ1n) is 8.49. The minimum atomic E-state index is -0.910. The van der Waals surface area contributed by atoms with Crippen LogP contribution in [0.3, 0.4) is 0 Å². The van der Waals surface area contributed by atoms with Crippen LogP contribution in [-0.2, 0) is 12.8 Å². The number of aryl methyl sites for hydroxylation is 1. The lowest BCUT2D eigenvalue weighted by Crippen LogP contribution is -2.44. The molecule has 1 aromatic rings. The third kappa shape index (κ3) is 3.91. The first kappa shape index (κ1) is 16.4. The number of nitrogens with one attached hydrogen (secondary N) is 1. The van der Waals surface area contributed by atoms with Crippen molar-refractivity contribution >= 4 is 5.95 Å². The van der Waals surface area contributed by atoms with Crippen molar-refractivity contribution in [2.24, 2.45) is 0 Å². The summed E-state index contributed by atoms with van der Waals surface area (Å²) in [7, 11) is 0. The smallest absolute Gasteiger partial charge is 0.228 e. The minimum absolute atomic E-state index is 0.0438. The summed E-state index contributed by atoms with van der Waals surface area (Å²) in [4.78, 5) is 11.5. The highest BCUT2D eigenvalue weighted by Crippen LogP contribution is 2.29. The minimum Gasteiger partial charge on any atom is -0.474 e. The third-order valence-electron chi connectivity index (χ3n) is 4.48. The van der Waals surface area contributed by atoms with E-state index in [-0.39, 0.29) is 6.61 Å². The molecule has 2 atom stereocenters. The van der Waals surface area contributed by atoms with Crippen LogP contribution >= 0.6 is 0 Å². The maximum Gasteiger partial charge on any atom is 0.228 e. The third-order valence-corrected chi connectivity index (χ3v) is 4.48. The van der Waals surface area contributed by atoms with Crippen LogP contribution in [0.1, 0.15) is 31.0 Å². The van der Waals surface area contributed by atoms with Crippen LogP contribution in [0, 0.1) is 0 Å². The Hall–Kier alpha value is -1.44. The molecule has 23 heavy (non-hydrogen) atoms. The van der Waals surface area contributed by atoms with Crippen molar-refractivity contribution in [3.8, 4) is 5.88 Å². The summed E-state index contributed by atoms with van der Waals surface area (Å²) in [5.74, 6) is 1.29. The lowest BCUT2D eigenvalue weighted by molar-refractivity contribution is 0.00102. The zero-order valence-electron chi connectivity index (χ0n) is 13.7.